The van der Waals surface area contributed by atoms with Crippen molar-refractivity contribution in [2.45, 2.75) is 13.0 Å². The molecular formula is C16H17NO4. The molecule has 5 heteroatoms. The summed E-state index contributed by atoms with van der Waals surface area (Å²) in [5.74, 6) is -2.08. The van der Waals surface area contributed by atoms with Crippen LogP contribution in [0.4, 0.5) is 0 Å². The van der Waals surface area contributed by atoms with Crippen molar-refractivity contribution in [2.75, 3.05) is 13.1 Å². The van der Waals surface area contributed by atoms with Crippen LogP contribution in [0.3, 0.4) is 0 Å². The van der Waals surface area contributed by atoms with Gasteiger partial charge in [0.1, 0.15) is 0 Å². The van der Waals surface area contributed by atoms with Crippen molar-refractivity contribution in [2.24, 2.45) is 0 Å². The number of nitrogens with zero attached hydrogens (tertiary/aromatic N) is 1. The molecule has 5 nitrogen and oxygen atoms in total. The molecule has 0 aliphatic heterocycles. The lowest BCUT2D eigenvalue weighted by Crippen LogP contribution is -2.36. The smallest absolute Gasteiger partial charge is 0.317 e. The van der Waals surface area contributed by atoms with Crippen molar-refractivity contribution in [1.82, 2.24) is 4.90 Å². The fraction of sp³-hybridized carbons (Fsp3) is 0.250. The maximum absolute atomic E-state index is 11.0. The van der Waals surface area contributed by atoms with Gasteiger partial charge >= 0.3 is 11.9 Å². The molecule has 0 aliphatic rings. The second-order valence-corrected chi connectivity index (χ2v) is 4.94. The maximum atomic E-state index is 11.0. The van der Waals surface area contributed by atoms with Gasteiger partial charge in [0, 0.05) is 6.04 Å². The zero-order valence-corrected chi connectivity index (χ0v) is 11.7. The third-order valence-electron chi connectivity index (χ3n) is 3.50. The standard InChI is InChI=1S/C16H17NO4/c1-11(17(9-15(18)19)10-16(20)21)13-8-4-6-12-5-2-3-7-14(12)13/h2-8,11H,9-10H2,1H3,(H,18,19)(H,20,21)/t11-/m1/s1. The molecule has 0 bridgehead atoms. The fourth-order valence-corrected chi connectivity index (χ4v) is 2.49. The topological polar surface area (TPSA) is 77.8 Å². The second-order valence-electron chi connectivity index (χ2n) is 4.94. The molecule has 0 aliphatic carbocycles. The van der Waals surface area contributed by atoms with Gasteiger partial charge in [0.2, 0.25) is 0 Å². The second kappa shape index (κ2) is 6.37. The number of carbonyl (C=O) groups is 2. The number of fused-ring (bicyclic) bond motifs is 1. The molecule has 0 fully saturated rings. The number of rotatable bonds is 6. The van der Waals surface area contributed by atoms with Gasteiger partial charge in [-0.25, -0.2) is 0 Å². The minimum absolute atomic E-state index is 0.303. The summed E-state index contributed by atoms with van der Waals surface area (Å²) in [5.41, 5.74) is 0.926. The Hall–Kier alpha value is -2.40. The van der Waals surface area contributed by atoms with E-state index in [2.05, 4.69) is 0 Å². The fourth-order valence-electron chi connectivity index (χ4n) is 2.49. The Balaban J connectivity index is 2.40. The van der Waals surface area contributed by atoms with Gasteiger partial charge in [0.25, 0.3) is 0 Å². The molecule has 0 radical (unpaired) electrons. The minimum Gasteiger partial charge on any atom is -0.480 e. The van der Waals surface area contributed by atoms with Crippen molar-refractivity contribution in [3.05, 3.63) is 48.0 Å². The summed E-state index contributed by atoms with van der Waals surface area (Å²) >= 11 is 0. The maximum Gasteiger partial charge on any atom is 0.317 e. The summed E-state index contributed by atoms with van der Waals surface area (Å²) < 4.78 is 0. The van der Waals surface area contributed by atoms with E-state index >= 15 is 0 Å². The molecular weight excluding hydrogens is 270 g/mol. The molecule has 2 aromatic rings. The highest BCUT2D eigenvalue weighted by atomic mass is 16.4. The highest BCUT2D eigenvalue weighted by Crippen LogP contribution is 2.27. The van der Waals surface area contributed by atoms with Crippen LogP contribution in [0.2, 0.25) is 0 Å². The number of hydrogen-bond donors (Lipinski definition) is 2. The van der Waals surface area contributed by atoms with Crippen LogP contribution in [0.1, 0.15) is 18.5 Å². The van der Waals surface area contributed by atoms with Crippen LogP contribution in [0.25, 0.3) is 10.8 Å². The Bertz CT molecular complexity index is 647. The Morgan fingerprint density at radius 3 is 2.19 bits per heavy atom. The normalized spacial score (nSPS) is 12.5. The summed E-state index contributed by atoms with van der Waals surface area (Å²) in [4.78, 5) is 23.3. The monoisotopic (exact) mass is 287 g/mol. The van der Waals surface area contributed by atoms with E-state index < -0.39 is 11.9 Å². The summed E-state index contributed by atoms with van der Waals surface area (Å²) in [6.45, 7) is 1.21. The van der Waals surface area contributed by atoms with E-state index in [0.717, 1.165) is 16.3 Å². The molecule has 2 rings (SSSR count). The molecule has 0 saturated carbocycles. The third kappa shape index (κ3) is 3.58. The first kappa shape index (κ1) is 15.0. The Morgan fingerprint density at radius 1 is 1.00 bits per heavy atom. The number of carboxylic acids is 2. The first-order valence-corrected chi connectivity index (χ1v) is 6.64. The van der Waals surface area contributed by atoms with Gasteiger partial charge in [-0.3, -0.25) is 14.5 Å². The Morgan fingerprint density at radius 2 is 1.57 bits per heavy atom. The molecule has 0 saturated heterocycles. The first-order valence-electron chi connectivity index (χ1n) is 6.64. The molecule has 0 heterocycles. The Kier molecular flexibility index (Phi) is 4.55. The molecule has 2 N–H and O–H groups in total. The lowest BCUT2D eigenvalue weighted by Gasteiger charge is -2.27. The van der Waals surface area contributed by atoms with Gasteiger partial charge in [-0.2, -0.15) is 0 Å². The van der Waals surface area contributed by atoms with Gasteiger partial charge in [-0.05, 0) is 23.3 Å². The molecule has 0 aromatic heterocycles. The molecule has 2 aromatic carbocycles. The van der Waals surface area contributed by atoms with Gasteiger partial charge in [0.05, 0.1) is 13.1 Å². The van der Waals surface area contributed by atoms with E-state index in [4.69, 9.17) is 10.2 Å². The summed E-state index contributed by atoms with van der Waals surface area (Å²) in [5, 5.41) is 20.0. The highest BCUT2D eigenvalue weighted by Gasteiger charge is 2.22. The minimum atomic E-state index is -1.04. The lowest BCUT2D eigenvalue weighted by atomic mass is 9.98. The van der Waals surface area contributed by atoms with E-state index in [1.807, 2.05) is 49.4 Å². The van der Waals surface area contributed by atoms with Crippen LogP contribution < -0.4 is 0 Å². The molecule has 1 atom stereocenters. The molecule has 0 spiro atoms. The highest BCUT2D eigenvalue weighted by molar-refractivity contribution is 5.86. The molecule has 0 unspecified atom stereocenters. The predicted molar refractivity (Wildman–Crippen MR) is 79.2 cm³/mol. The van der Waals surface area contributed by atoms with Crippen LogP contribution in [0, 0.1) is 0 Å². The summed E-state index contributed by atoms with van der Waals surface area (Å²) in [6, 6.07) is 13.3. The van der Waals surface area contributed by atoms with Gasteiger partial charge in [-0.1, -0.05) is 42.5 Å². The van der Waals surface area contributed by atoms with Crippen molar-refractivity contribution >= 4 is 22.7 Å². The van der Waals surface area contributed by atoms with Gasteiger partial charge in [0.15, 0.2) is 0 Å². The third-order valence-corrected chi connectivity index (χ3v) is 3.50. The van der Waals surface area contributed by atoms with E-state index in [-0.39, 0.29) is 19.1 Å². The zero-order chi connectivity index (χ0) is 15.4. The van der Waals surface area contributed by atoms with E-state index in [0.29, 0.717) is 0 Å². The van der Waals surface area contributed by atoms with Gasteiger partial charge < -0.3 is 10.2 Å². The predicted octanol–water partition coefficient (Wildman–Crippen LogP) is 2.37. The van der Waals surface area contributed by atoms with Crippen LogP contribution in [0.15, 0.2) is 42.5 Å². The SMILES string of the molecule is C[C@H](c1cccc2ccccc12)N(CC(=O)O)CC(=O)O. The zero-order valence-electron chi connectivity index (χ0n) is 11.7. The Labute approximate surface area is 122 Å². The number of aliphatic carboxylic acids is 2. The quantitative estimate of drug-likeness (QED) is 0.853. The number of carboxylic acid groups (broad SMARTS) is 2. The number of benzene rings is 2. The summed E-state index contributed by atoms with van der Waals surface area (Å²) in [7, 11) is 0. The van der Waals surface area contributed by atoms with Crippen LogP contribution in [-0.4, -0.2) is 40.1 Å². The van der Waals surface area contributed by atoms with Crippen LogP contribution in [-0.2, 0) is 9.59 Å². The average molecular weight is 287 g/mol. The van der Waals surface area contributed by atoms with E-state index in [1.165, 1.54) is 4.90 Å². The average Bonchev–Trinajstić information content (AvgIpc) is 2.44. The number of hydrogen-bond acceptors (Lipinski definition) is 3. The molecule has 0 amide bonds. The lowest BCUT2D eigenvalue weighted by molar-refractivity contribution is -0.142. The molecule has 21 heavy (non-hydrogen) atoms. The van der Waals surface area contributed by atoms with Crippen LogP contribution in [0.5, 0.6) is 0 Å². The van der Waals surface area contributed by atoms with E-state index in [1.54, 1.807) is 0 Å². The first-order chi connectivity index (χ1) is 9.99. The van der Waals surface area contributed by atoms with Crippen molar-refractivity contribution in [1.29, 1.82) is 0 Å². The summed E-state index contributed by atoms with van der Waals surface area (Å²) in [6.07, 6.45) is 0. The van der Waals surface area contributed by atoms with E-state index in [9.17, 15) is 9.59 Å². The van der Waals surface area contributed by atoms with Crippen molar-refractivity contribution in [3.8, 4) is 0 Å². The van der Waals surface area contributed by atoms with Crippen molar-refractivity contribution in [3.63, 3.8) is 0 Å². The molecule has 110 valence electrons. The van der Waals surface area contributed by atoms with Gasteiger partial charge in [-0.15, -0.1) is 0 Å². The van der Waals surface area contributed by atoms with Crippen molar-refractivity contribution < 1.29 is 19.8 Å². The largest absolute Gasteiger partial charge is 0.480 e. The van der Waals surface area contributed by atoms with Crippen LogP contribution >= 0.6 is 0 Å².